The summed E-state index contributed by atoms with van der Waals surface area (Å²) < 4.78 is 12.4. The summed E-state index contributed by atoms with van der Waals surface area (Å²) in [6.45, 7) is 12.1. The molecule has 0 spiro atoms. The number of nitrogens with zero attached hydrogens (tertiary/aromatic N) is 6. The molecule has 0 unspecified atom stereocenters. The van der Waals surface area contributed by atoms with Gasteiger partial charge in [0.25, 0.3) is 0 Å². The lowest BCUT2D eigenvalue weighted by Crippen LogP contribution is -2.57. The van der Waals surface area contributed by atoms with Crippen LogP contribution in [0.5, 0.6) is 6.01 Å². The van der Waals surface area contributed by atoms with Crippen LogP contribution >= 0.6 is 0 Å². The van der Waals surface area contributed by atoms with Crippen molar-refractivity contribution in [1.82, 2.24) is 19.8 Å². The minimum atomic E-state index is -0.496. The van der Waals surface area contributed by atoms with E-state index in [1.54, 1.807) is 0 Å². The largest absolute Gasteiger partial charge is 0.461 e. The fourth-order valence-corrected chi connectivity index (χ4v) is 9.16. The van der Waals surface area contributed by atoms with Crippen molar-refractivity contribution in [1.29, 1.82) is 0 Å². The summed E-state index contributed by atoms with van der Waals surface area (Å²) in [6.07, 6.45) is 11.2. The van der Waals surface area contributed by atoms with Gasteiger partial charge >= 0.3 is 12.1 Å². The molecule has 236 valence electrons. The van der Waals surface area contributed by atoms with Crippen LogP contribution in [0.15, 0.2) is 18.2 Å². The predicted molar refractivity (Wildman–Crippen MR) is 171 cm³/mol. The summed E-state index contributed by atoms with van der Waals surface area (Å²) >= 11 is 0. The number of rotatable bonds is 5. The molecule has 1 aromatic carbocycles. The normalized spacial score (nSPS) is 25.7. The number of aromatic nitrogens is 2. The van der Waals surface area contributed by atoms with Gasteiger partial charge in [-0.15, -0.1) is 0 Å². The van der Waals surface area contributed by atoms with Gasteiger partial charge in [0, 0.05) is 30.9 Å². The van der Waals surface area contributed by atoms with Crippen molar-refractivity contribution in [3.8, 4) is 6.01 Å². The summed E-state index contributed by atoms with van der Waals surface area (Å²) in [5.74, 6) is 1.02. The highest BCUT2D eigenvalue weighted by Gasteiger charge is 2.47. The maximum Gasteiger partial charge on any atom is 0.410 e. The van der Waals surface area contributed by atoms with Gasteiger partial charge in [-0.2, -0.15) is 9.97 Å². The molecule has 1 amide bonds. The number of carbonyl (C=O) groups is 1. The molecule has 1 aliphatic carbocycles. The molecule has 2 bridgehead atoms. The van der Waals surface area contributed by atoms with Gasteiger partial charge in [0.2, 0.25) is 0 Å². The zero-order chi connectivity index (χ0) is 30.1. The maximum absolute atomic E-state index is 13.2. The van der Waals surface area contributed by atoms with Crippen molar-refractivity contribution in [2.24, 2.45) is 0 Å². The average Bonchev–Trinajstić information content (AvgIpc) is 3.77. The van der Waals surface area contributed by atoms with Crippen LogP contribution in [-0.2, 0) is 30.5 Å². The molecule has 8 rings (SSSR count). The van der Waals surface area contributed by atoms with Crippen LogP contribution in [0.1, 0.15) is 88.1 Å². The van der Waals surface area contributed by atoms with Crippen molar-refractivity contribution in [2.75, 3.05) is 49.1 Å². The quantitative estimate of drug-likeness (QED) is 0.468. The lowest BCUT2D eigenvalue weighted by molar-refractivity contribution is 0.0122. The molecular formula is C35H48N6O3. The van der Waals surface area contributed by atoms with E-state index in [1.165, 1.54) is 80.4 Å². The van der Waals surface area contributed by atoms with Crippen LogP contribution in [0.4, 0.5) is 16.3 Å². The monoisotopic (exact) mass is 600 g/mol. The van der Waals surface area contributed by atoms with E-state index in [-0.39, 0.29) is 23.7 Å². The number of hydrogen-bond acceptors (Lipinski definition) is 8. The third kappa shape index (κ3) is 4.99. The standard InChI is InChI=1S/C35H48N6O3/c1-34(2,3)44-33(42)41-25-12-13-26(41)21-39(20-25)31-28-14-19-38(30-11-5-9-24-8-4-10-27(24)30)22-29(28)36-32(37-31)43-23-35-15-6-17-40(35)18-7-16-35/h5,9,11,25-26H,4,6-8,10,12-23H2,1-3H3/t25-,26+. The molecule has 0 radical (unpaired) electrons. The van der Waals surface area contributed by atoms with Crippen molar-refractivity contribution < 1.29 is 14.3 Å². The van der Waals surface area contributed by atoms with Crippen molar-refractivity contribution in [3.63, 3.8) is 0 Å². The first-order valence-electron chi connectivity index (χ1n) is 17.2. The van der Waals surface area contributed by atoms with Crippen LogP contribution in [-0.4, -0.2) is 88.4 Å². The van der Waals surface area contributed by atoms with E-state index in [9.17, 15) is 4.79 Å². The van der Waals surface area contributed by atoms with E-state index < -0.39 is 5.60 Å². The second-order valence-electron chi connectivity index (χ2n) is 15.1. The number of hydrogen-bond donors (Lipinski definition) is 0. The number of benzene rings is 1. The number of aryl methyl sites for hydroxylation is 1. The van der Waals surface area contributed by atoms with Gasteiger partial charge in [-0.25, -0.2) is 4.79 Å². The second kappa shape index (κ2) is 10.8. The van der Waals surface area contributed by atoms with E-state index in [4.69, 9.17) is 19.4 Å². The fraction of sp³-hybridized carbons (Fsp3) is 0.686. The van der Waals surface area contributed by atoms with E-state index in [0.29, 0.717) is 12.6 Å². The molecule has 6 heterocycles. The highest BCUT2D eigenvalue weighted by molar-refractivity contribution is 5.70. The average molecular weight is 601 g/mol. The zero-order valence-corrected chi connectivity index (χ0v) is 26.8. The van der Waals surface area contributed by atoms with Crippen LogP contribution in [0, 0.1) is 0 Å². The van der Waals surface area contributed by atoms with Gasteiger partial charge in [-0.1, -0.05) is 12.1 Å². The van der Waals surface area contributed by atoms with Gasteiger partial charge in [0.15, 0.2) is 0 Å². The van der Waals surface area contributed by atoms with Crippen LogP contribution in [0.3, 0.4) is 0 Å². The molecule has 5 aliphatic heterocycles. The number of fused-ring (bicyclic) bond motifs is 5. The number of amides is 1. The minimum absolute atomic E-state index is 0.134. The van der Waals surface area contributed by atoms with E-state index in [2.05, 4.69) is 32.9 Å². The maximum atomic E-state index is 13.2. The molecular weight excluding hydrogens is 552 g/mol. The molecule has 0 N–H and O–H groups in total. The van der Waals surface area contributed by atoms with Gasteiger partial charge < -0.3 is 19.3 Å². The first-order valence-corrected chi connectivity index (χ1v) is 17.2. The van der Waals surface area contributed by atoms with Gasteiger partial charge in [0.1, 0.15) is 18.0 Å². The Bertz CT molecular complexity index is 1410. The van der Waals surface area contributed by atoms with Gasteiger partial charge in [0.05, 0.1) is 29.9 Å². The minimum Gasteiger partial charge on any atom is -0.461 e. The Morgan fingerprint density at radius 2 is 1.70 bits per heavy atom. The number of piperazine rings is 1. The van der Waals surface area contributed by atoms with Crippen molar-refractivity contribution in [3.05, 3.63) is 40.6 Å². The topological polar surface area (TPSA) is 74.3 Å². The lowest BCUT2D eigenvalue weighted by atomic mass is 9.95. The third-order valence-corrected chi connectivity index (χ3v) is 11.2. The SMILES string of the molecule is CC(C)(C)OC(=O)N1[C@@H]2CC[C@H]1CN(c1nc(OCC34CCCN3CCC4)nc3c1CCN(c1cccc4c1CCC4)C3)C2. The summed E-state index contributed by atoms with van der Waals surface area (Å²) in [6, 6.07) is 7.62. The number of carbonyl (C=O) groups excluding carboxylic acids is 1. The number of anilines is 2. The van der Waals surface area contributed by atoms with Gasteiger partial charge in [-0.3, -0.25) is 9.80 Å². The molecule has 9 nitrogen and oxygen atoms in total. The molecule has 9 heteroatoms. The Hall–Kier alpha value is -3.07. The van der Waals surface area contributed by atoms with E-state index in [0.717, 1.165) is 57.0 Å². The van der Waals surface area contributed by atoms with Crippen molar-refractivity contribution in [2.45, 2.75) is 115 Å². The molecule has 44 heavy (non-hydrogen) atoms. The highest BCUT2D eigenvalue weighted by atomic mass is 16.6. The van der Waals surface area contributed by atoms with Crippen LogP contribution < -0.4 is 14.5 Å². The fourth-order valence-electron chi connectivity index (χ4n) is 9.16. The molecule has 2 atom stereocenters. The predicted octanol–water partition coefficient (Wildman–Crippen LogP) is 5.12. The Labute approximate surface area is 261 Å². The highest BCUT2D eigenvalue weighted by Crippen LogP contribution is 2.41. The molecule has 0 saturated carbocycles. The first kappa shape index (κ1) is 28.4. The smallest absolute Gasteiger partial charge is 0.410 e. The van der Waals surface area contributed by atoms with Crippen molar-refractivity contribution >= 4 is 17.6 Å². The molecule has 2 aromatic rings. The summed E-state index contributed by atoms with van der Waals surface area (Å²) in [4.78, 5) is 33.1. The Balaban J connectivity index is 1.09. The molecule has 4 saturated heterocycles. The second-order valence-corrected chi connectivity index (χ2v) is 15.1. The first-order chi connectivity index (χ1) is 21.3. The Kier molecular flexibility index (Phi) is 6.96. The van der Waals surface area contributed by atoms with E-state index in [1.807, 2.05) is 25.7 Å². The summed E-state index contributed by atoms with van der Waals surface area (Å²) in [5.41, 5.74) is 6.42. The number of ether oxygens (including phenoxy) is 2. The lowest BCUT2D eigenvalue weighted by Gasteiger charge is -2.43. The summed E-state index contributed by atoms with van der Waals surface area (Å²) in [5, 5.41) is 0. The van der Waals surface area contributed by atoms with Crippen LogP contribution in [0.2, 0.25) is 0 Å². The Morgan fingerprint density at radius 1 is 0.932 bits per heavy atom. The molecule has 6 aliphatic rings. The molecule has 1 aromatic heterocycles. The third-order valence-electron chi connectivity index (χ3n) is 11.2. The van der Waals surface area contributed by atoms with Crippen LogP contribution in [0.25, 0.3) is 0 Å². The molecule has 4 fully saturated rings. The Morgan fingerprint density at radius 3 is 2.45 bits per heavy atom. The van der Waals surface area contributed by atoms with E-state index >= 15 is 0 Å². The zero-order valence-electron chi connectivity index (χ0n) is 26.8. The summed E-state index contributed by atoms with van der Waals surface area (Å²) in [7, 11) is 0. The van der Waals surface area contributed by atoms with Gasteiger partial charge in [-0.05, 0) is 115 Å².